The van der Waals surface area contributed by atoms with E-state index in [0.717, 1.165) is 38.6 Å². The molecule has 1 saturated carbocycles. The van der Waals surface area contributed by atoms with E-state index in [1.54, 1.807) is 0 Å². The van der Waals surface area contributed by atoms with Gasteiger partial charge in [-0.25, -0.2) is 0 Å². The van der Waals surface area contributed by atoms with E-state index in [9.17, 15) is 0 Å². The molecule has 0 bridgehead atoms. The second-order valence-corrected chi connectivity index (χ2v) is 4.19. The summed E-state index contributed by atoms with van der Waals surface area (Å²) in [5.74, 6) is 0.801. The molecule has 0 aromatic carbocycles. The van der Waals surface area contributed by atoms with Crippen LogP contribution in [0.4, 0.5) is 0 Å². The molecule has 1 rings (SSSR count). The van der Waals surface area contributed by atoms with E-state index in [-0.39, 0.29) is 0 Å². The van der Waals surface area contributed by atoms with Crippen molar-refractivity contribution in [2.24, 2.45) is 5.41 Å². The predicted octanol–water partition coefficient (Wildman–Crippen LogP) is 2.02. The van der Waals surface area contributed by atoms with Crippen LogP contribution < -0.4 is 5.32 Å². The number of hydrogen-bond acceptors (Lipinski definition) is 2. The third-order valence-corrected chi connectivity index (χ3v) is 3.08. The van der Waals surface area contributed by atoms with Gasteiger partial charge in [0, 0.05) is 25.6 Å². The zero-order valence-corrected chi connectivity index (χ0v) is 9.20. The van der Waals surface area contributed by atoms with Crippen LogP contribution in [-0.4, -0.2) is 32.2 Å². The first-order valence-electron chi connectivity index (χ1n) is 5.17. The van der Waals surface area contributed by atoms with Crippen LogP contribution in [0.2, 0.25) is 0 Å². The van der Waals surface area contributed by atoms with Crippen LogP contribution in [0.1, 0.15) is 26.2 Å². The molecule has 0 atom stereocenters. The molecule has 0 radical (unpaired) electrons. The second-order valence-electron chi connectivity index (χ2n) is 3.92. The molecule has 0 heterocycles. The van der Waals surface area contributed by atoms with Crippen LogP contribution in [0.15, 0.2) is 0 Å². The number of ether oxygens (including phenoxy) is 1. The summed E-state index contributed by atoms with van der Waals surface area (Å²) in [5, 5.41) is 3.39. The molecular formula is C10H20ClNO. The van der Waals surface area contributed by atoms with Gasteiger partial charge in [-0.05, 0) is 24.7 Å². The van der Waals surface area contributed by atoms with Crippen molar-refractivity contribution in [3.05, 3.63) is 0 Å². The molecule has 0 spiro atoms. The van der Waals surface area contributed by atoms with Gasteiger partial charge in [0.15, 0.2) is 0 Å². The highest BCUT2D eigenvalue weighted by Gasteiger charge is 2.40. The zero-order chi connectivity index (χ0) is 9.57. The molecule has 0 aliphatic heterocycles. The molecule has 13 heavy (non-hydrogen) atoms. The molecule has 3 heteroatoms. The highest BCUT2D eigenvalue weighted by atomic mass is 35.5. The summed E-state index contributed by atoms with van der Waals surface area (Å²) in [6, 6.07) is 0. The Morgan fingerprint density at radius 1 is 1.38 bits per heavy atom. The first-order valence-corrected chi connectivity index (χ1v) is 5.71. The van der Waals surface area contributed by atoms with Crippen LogP contribution in [0, 0.1) is 5.41 Å². The van der Waals surface area contributed by atoms with Gasteiger partial charge in [-0.2, -0.15) is 0 Å². The standard InChI is InChI=1S/C10H20ClNO/c1-2-6-13-7-5-12-9-10(8-11)3-4-10/h12H,2-9H2,1H3. The van der Waals surface area contributed by atoms with Crippen molar-refractivity contribution in [3.8, 4) is 0 Å². The molecule has 1 aliphatic rings. The molecule has 0 unspecified atom stereocenters. The fourth-order valence-electron chi connectivity index (χ4n) is 1.28. The minimum Gasteiger partial charge on any atom is -0.380 e. The number of rotatable bonds is 8. The monoisotopic (exact) mass is 205 g/mol. The average molecular weight is 206 g/mol. The van der Waals surface area contributed by atoms with Gasteiger partial charge in [-0.3, -0.25) is 0 Å². The summed E-state index contributed by atoms with van der Waals surface area (Å²) in [5.41, 5.74) is 0.437. The highest BCUT2D eigenvalue weighted by molar-refractivity contribution is 6.18. The largest absolute Gasteiger partial charge is 0.380 e. The van der Waals surface area contributed by atoms with Gasteiger partial charge in [0.1, 0.15) is 0 Å². The molecule has 0 aromatic heterocycles. The van der Waals surface area contributed by atoms with Crippen LogP contribution in [-0.2, 0) is 4.74 Å². The summed E-state index contributed by atoms with van der Waals surface area (Å²) >= 11 is 5.85. The minimum atomic E-state index is 0.437. The van der Waals surface area contributed by atoms with E-state index in [2.05, 4.69) is 12.2 Å². The molecule has 1 fully saturated rings. The highest BCUT2D eigenvalue weighted by Crippen LogP contribution is 2.45. The SMILES string of the molecule is CCCOCCNCC1(CCl)CC1. The van der Waals surface area contributed by atoms with Gasteiger partial charge in [0.05, 0.1) is 6.61 Å². The smallest absolute Gasteiger partial charge is 0.0590 e. The maximum atomic E-state index is 5.85. The van der Waals surface area contributed by atoms with E-state index in [0.29, 0.717) is 5.41 Å². The molecule has 0 aromatic rings. The lowest BCUT2D eigenvalue weighted by Crippen LogP contribution is -2.28. The quantitative estimate of drug-likeness (QED) is 0.484. The second kappa shape index (κ2) is 5.84. The Hall–Kier alpha value is 0.210. The normalized spacial score (nSPS) is 18.9. The Kier molecular flexibility index (Phi) is 5.07. The van der Waals surface area contributed by atoms with E-state index in [1.807, 2.05) is 0 Å². The van der Waals surface area contributed by atoms with Crippen molar-refractivity contribution in [2.45, 2.75) is 26.2 Å². The van der Waals surface area contributed by atoms with Crippen molar-refractivity contribution in [2.75, 3.05) is 32.2 Å². The first kappa shape index (κ1) is 11.3. The van der Waals surface area contributed by atoms with Crippen LogP contribution in [0.5, 0.6) is 0 Å². The van der Waals surface area contributed by atoms with Crippen molar-refractivity contribution in [1.29, 1.82) is 0 Å². The summed E-state index contributed by atoms with van der Waals surface area (Å²) in [7, 11) is 0. The molecule has 1 N–H and O–H groups in total. The van der Waals surface area contributed by atoms with Gasteiger partial charge in [0.2, 0.25) is 0 Å². The Labute approximate surface area is 86.0 Å². The third-order valence-electron chi connectivity index (χ3n) is 2.51. The van der Waals surface area contributed by atoms with Gasteiger partial charge in [0.25, 0.3) is 0 Å². The van der Waals surface area contributed by atoms with E-state index in [4.69, 9.17) is 16.3 Å². The van der Waals surface area contributed by atoms with Crippen molar-refractivity contribution in [3.63, 3.8) is 0 Å². The number of hydrogen-bond donors (Lipinski definition) is 1. The topological polar surface area (TPSA) is 21.3 Å². The van der Waals surface area contributed by atoms with E-state index in [1.165, 1.54) is 12.8 Å². The molecule has 1 aliphatic carbocycles. The number of halogens is 1. The lowest BCUT2D eigenvalue weighted by Gasteiger charge is -2.12. The summed E-state index contributed by atoms with van der Waals surface area (Å²) < 4.78 is 5.36. The Morgan fingerprint density at radius 2 is 2.15 bits per heavy atom. The molecule has 78 valence electrons. The summed E-state index contributed by atoms with van der Waals surface area (Å²) in [4.78, 5) is 0. The molecular weight excluding hydrogens is 186 g/mol. The summed E-state index contributed by atoms with van der Waals surface area (Å²) in [6.45, 7) is 5.85. The Balaban J connectivity index is 1.84. The lowest BCUT2D eigenvalue weighted by atomic mass is 10.1. The van der Waals surface area contributed by atoms with E-state index < -0.39 is 0 Å². The predicted molar refractivity (Wildman–Crippen MR) is 56.4 cm³/mol. The third kappa shape index (κ3) is 4.30. The minimum absolute atomic E-state index is 0.437. The van der Waals surface area contributed by atoms with E-state index >= 15 is 0 Å². The average Bonchev–Trinajstić information content (AvgIpc) is 2.92. The van der Waals surface area contributed by atoms with Crippen LogP contribution in [0.3, 0.4) is 0 Å². The van der Waals surface area contributed by atoms with Gasteiger partial charge in [-0.1, -0.05) is 6.92 Å². The van der Waals surface area contributed by atoms with Crippen molar-refractivity contribution < 1.29 is 4.74 Å². The van der Waals surface area contributed by atoms with Gasteiger partial charge >= 0.3 is 0 Å². The maximum absolute atomic E-state index is 5.85. The first-order chi connectivity index (χ1) is 6.33. The van der Waals surface area contributed by atoms with Crippen LogP contribution in [0.25, 0.3) is 0 Å². The zero-order valence-electron chi connectivity index (χ0n) is 8.44. The fraction of sp³-hybridized carbons (Fsp3) is 1.00. The number of alkyl halides is 1. The molecule has 2 nitrogen and oxygen atoms in total. The Morgan fingerprint density at radius 3 is 2.69 bits per heavy atom. The van der Waals surface area contributed by atoms with Crippen LogP contribution >= 0.6 is 11.6 Å². The Bertz CT molecular complexity index is 137. The van der Waals surface area contributed by atoms with Gasteiger partial charge in [-0.15, -0.1) is 11.6 Å². The molecule has 0 amide bonds. The van der Waals surface area contributed by atoms with Crippen molar-refractivity contribution >= 4 is 11.6 Å². The maximum Gasteiger partial charge on any atom is 0.0590 e. The van der Waals surface area contributed by atoms with Gasteiger partial charge < -0.3 is 10.1 Å². The molecule has 0 saturated heterocycles. The lowest BCUT2D eigenvalue weighted by molar-refractivity contribution is 0.135. The fourth-order valence-corrected chi connectivity index (χ4v) is 1.64. The van der Waals surface area contributed by atoms with Crippen molar-refractivity contribution in [1.82, 2.24) is 5.32 Å². The summed E-state index contributed by atoms with van der Waals surface area (Å²) in [6.07, 6.45) is 3.68. The number of nitrogens with one attached hydrogen (secondary N) is 1.